The lowest BCUT2D eigenvalue weighted by Crippen LogP contribution is -2.45. The number of carbonyl (C=O) groups is 1. The van der Waals surface area contributed by atoms with Gasteiger partial charge in [0.05, 0.1) is 5.25 Å². The first-order chi connectivity index (χ1) is 8.84. The Bertz CT molecular complexity index is 426. The summed E-state index contributed by atoms with van der Waals surface area (Å²) in [7, 11) is 0. The Labute approximate surface area is 119 Å². The molecule has 0 saturated carbocycles. The van der Waals surface area contributed by atoms with Crippen molar-refractivity contribution in [2.45, 2.75) is 56.8 Å². The summed E-state index contributed by atoms with van der Waals surface area (Å²) in [6.45, 7) is 9.82. The van der Waals surface area contributed by atoms with Gasteiger partial charge in [-0.1, -0.05) is 12.1 Å². The fourth-order valence-electron chi connectivity index (χ4n) is 2.10. The number of hydrogen-bond acceptors (Lipinski definition) is 2. The second kappa shape index (κ2) is 6.94. The van der Waals surface area contributed by atoms with Gasteiger partial charge >= 0.3 is 0 Å². The van der Waals surface area contributed by atoms with Crippen LogP contribution in [0.4, 0.5) is 4.39 Å². The summed E-state index contributed by atoms with van der Waals surface area (Å²) in [5, 5.41) is -0.290. The van der Waals surface area contributed by atoms with E-state index in [4.69, 9.17) is 0 Å². The minimum Gasteiger partial charge on any atom is -0.337 e. The first-order valence-electron chi connectivity index (χ1n) is 6.58. The van der Waals surface area contributed by atoms with Crippen molar-refractivity contribution in [3.05, 3.63) is 30.1 Å². The van der Waals surface area contributed by atoms with Crippen molar-refractivity contribution in [2.24, 2.45) is 0 Å². The van der Waals surface area contributed by atoms with E-state index in [1.165, 1.54) is 17.8 Å². The number of benzene rings is 1. The van der Waals surface area contributed by atoms with Crippen molar-refractivity contribution < 1.29 is 9.18 Å². The number of carbonyl (C=O) groups excluding carboxylic acids is 1. The van der Waals surface area contributed by atoms with Gasteiger partial charge < -0.3 is 4.90 Å². The number of thioether (sulfide) groups is 1. The van der Waals surface area contributed by atoms with Gasteiger partial charge in [-0.2, -0.15) is 0 Å². The highest BCUT2D eigenvalue weighted by Crippen LogP contribution is 2.27. The minimum atomic E-state index is -0.290. The standard InChI is InChI=1S/C15H22FNOS/c1-10(2)17(11(3)4)15(18)12(5)19-14-9-7-6-8-13(14)16/h6-12H,1-5H3. The molecule has 0 fully saturated rings. The molecule has 19 heavy (non-hydrogen) atoms. The molecule has 0 aromatic heterocycles. The van der Waals surface area contributed by atoms with Crippen molar-refractivity contribution in [1.82, 2.24) is 4.90 Å². The molecule has 1 aromatic rings. The Balaban J connectivity index is 2.80. The van der Waals surface area contributed by atoms with Crippen LogP contribution in [0.15, 0.2) is 29.2 Å². The smallest absolute Gasteiger partial charge is 0.236 e. The molecule has 0 heterocycles. The van der Waals surface area contributed by atoms with Crippen molar-refractivity contribution in [2.75, 3.05) is 0 Å². The topological polar surface area (TPSA) is 20.3 Å². The van der Waals surface area contributed by atoms with Crippen molar-refractivity contribution in [3.8, 4) is 0 Å². The quantitative estimate of drug-likeness (QED) is 0.763. The van der Waals surface area contributed by atoms with Crippen LogP contribution in [-0.2, 0) is 4.79 Å². The molecule has 1 amide bonds. The molecule has 0 radical (unpaired) electrons. The molecule has 0 bridgehead atoms. The highest BCUT2D eigenvalue weighted by molar-refractivity contribution is 8.00. The van der Waals surface area contributed by atoms with Crippen molar-refractivity contribution >= 4 is 17.7 Å². The zero-order chi connectivity index (χ0) is 14.6. The SMILES string of the molecule is CC(Sc1ccccc1F)C(=O)N(C(C)C)C(C)C. The maximum absolute atomic E-state index is 13.6. The number of hydrogen-bond donors (Lipinski definition) is 0. The number of halogens is 1. The van der Waals surface area contributed by atoms with Crippen LogP contribution in [0.1, 0.15) is 34.6 Å². The maximum atomic E-state index is 13.6. The third kappa shape index (κ3) is 4.23. The lowest BCUT2D eigenvalue weighted by molar-refractivity contribution is -0.133. The Morgan fingerprint density at radius 1 is 1.11 bits per heavy atom. The van der Waals surface area contributed by atoms with Crippen LogP contribution in [0.5, 0.6) is 0 Å². The molecule has 0 aliphatic heterocycles. The first kappa shape index (κ1) is 16.0. The first-order valence-corrected chi connectivity index (χ1v) is 7.46. The number of rotatable bonds is 5. The molecule has 0 aliphatic rings. The fraction of sp³-hybridized carbons (Fsp3) is 0.533. The van der Waals surface area contributed by atoms with Gasteiger partial charge in [-0.25, -0.2) is 4.39 Å². The highest BCUT2D eigenvalue weighted by Gasteiger charge is 2.26. The van der Waals surface area contributed by atoms with Gasteiger partial charge in [0.1, 0.15) is 5.82 Å². The van der Waals surface area contributed by atoms with E-state index in [0.29, 0.717) is 4.90 Å². The summed E-state index contributed by atoms with van der Waals surface area (Å²) < 4.78 is 13.6. The molecule has 0 spiro atoms. The average molecular weight is 283 g/mol. The van der Waals surface area contributed by atoms with Gasteiger partial charge in [-0.05, 0) is 46.8 Å². The summed E-state index contributed by atoms with van der Waals surface area (Å²) in [4.78, 5) is 14.8. The van der Waals surface area contributed by atoms with Crippen LogP contribution in [0.3, 0.4) is 0 Å². The van der Waals surface area contributed by atoms with E-state index in [9.17, 15) is 9.18 Å². The predicted octanol–water partition coefficient (Wildman–Crippen LogP) is 3.95. The molecule has 0 aliphatic carbocycles. The lowest BCUT2D eigenvalue weighted by Gasteiger charge is -2.33. The van der Waals surface area contributed by atoms with Crippen LogP contribution in [0.2, 0.25) is 0 Å². The molecule has 0 saturated heterocycles. The molecule has 1 atom stereocenters. The number of nitrogens with zero attached hydrogens (tertiary/aromatic N) is 1. The molecule has 106 valence electrons. The van der Waals surface area contributed by atoms with Crippen LogP contribution in [0, 0.1) is 5.82 Å². The van der Waals surface area contributed by atoms with Crippen molar-refractivity contribution in [3.63, 3.8) is 0 Å². The van der Waals surface area contributed by atoms with Gasteiger partial charge in [0.25, 0.3) is 0 Å². The highest BCUT2D eigenvalue weighted by atomic mass is 32.2. The second-order valence-corrected chi connectivity index (χ2v) is 6.51. The third-order valence-corrected chi connectivity index (χ3v) is 4.00. The van der Waals surface area contributed by atoms with Crippen LogP contribution < -0.4 is 0 Å². The number of amides is 1. The molecular weight excluding hydrogens is 261 g/mol. The van der Waals surface area contributed by atoms with E-state index in [2.05, 4.69) is 0 Å². The molecule has 0 N–H and O–H groups in total. The Morgan fingerprint density at radius 2 is 1.63 bits per heavy atom. The molecule has 4 heteroatoms. The Hall–Kier alpha value is -1.03. The van der Waals surface area contributed by atoms with Crippen LogP contribution >= 0.6 is 11.8 Å². The van der Waals surface area contributed by atoms with E-state index < -0.39 is 0 Å². The zero-order valence-electron chi connectivity index (χ0n) is 12.2. The summed E-state index contributed by atoms with van der Waals surface area (Å²) in [5.74, 6) is -0.217. The van der Waals surface area contributed by atoms with Gasteiger partial charge in [-0.15, -0.1) is 11.8 Å². The Morgan fingerprint density at radius 3 is 2.11 bits per heavy atom. The predicted molar refractivity (Wildman–Crippen MR) is 78.8 cm³/mol. The van der Waals surface area contributed by atoms with E-state index in [-0.39, 0.29) is 29.1 Å². The van der Waals surface area contributed by atoms with E-state index in [0.717, 1.165) is 0 Å². The molecule has 1 rings (SSSR count). The molecule has 1 aromatic carbocycles. The average Bonchev–Trinajstić information content (AvgIpc) is 2.31. The normalized spacial score (nSPS) is 12.8. The maximum Gasteiger partial charge on any atom is 0.236 e. The van der Waals surface area contributed by atoms with E-state index in [1.54, 1.807) is 18.2 Å². The second-order valence-electron chi connectivity index (χ2n) is 5.12. The fourth-order valence-corrected chi connectivity index (χ4v) is 3.04. The summed E-state index contributed by atoms with van der Waals surface area (Å²) in [6.07, 6.45) is 0. The largest absolute Gasteiger partial charge is 0.337 e. The van der Waals surface area contributed by atoms with Gasteiger partial charge in [0.2, 0.25) is 5.91 Å². The van der Waals surface area contributed by atoms with Crippen LogP contribution in [-0.4, -0.2) is 28.1 Å². The minimum absolute atomic E-state index is 0.0539. The monoisotopic (exact) mass is 283 g/mol. The van der Waals surface area contributed by atoms with E-state index >= 15 is 0 Å². The molecular formula is C15H22FNOS. The summed E-state index contributed by atoms with van der Waals surface area (Å²) in [6, 6.07) is 6.86. The van der Waals surface area contributed by atoms with E-state index in [1.807, 2.05) is 39.5 Å². The zero-order valence-corrected chi connectivity index (χ0v) is 13.0. The van der Waals surface area contributed by atoms with Gasteiger partial charge in [-0.3, -0.25) is 4.79 Å². The lowest BCUT2D eigenvalue weighted by atomic mass is 10.2. The summed E-state index contributed by atoms with van der Waals surface area (Å²) in [5.41, 5.74) is 0. The molecule has 2 nitrogen and oxygen atoms in total. The van der Waals surface area contributed by atoms with Crippen LogP contribution in [0.25, 0.3) is 0 Å². The van der Waals surface area contributed by atoms with Gasteiger partial charge in [0, 0.05) is 17.0 Å². The molecule has 1 unspecified atom stereocenters. The summed E-state index contributed by atoms with van der Waals surface area (Å²) >= 11 is 1.28. The third-order valence-electron chi connectivity index (χ3n) is 2.86. The van der Waals surface area contributed by atoms with Crippen molar-refractivity contribution in [1.29, 1.82) is 0 Å². The van der Waals surface area contributed by atoms with Gasteiger partial charge in [0.15, 0.2) is 0 Å². The Kier molecular flexibility index (Phi) is 5.85.